The minimum atomic E-state index is -4.31. The highest BCUT2D eigenvalue weighted by molar-refractivity contribution is 7.62. The van der Waals surface area contributed by atoms with E-state index in [1.807, 2.05) is 12.1 Å². The van der Waals surface area contributed by atoms with Crippen LogP contribution in [0.15, 0.2) is 72.1 Å². The highest BCUT2D eigenvalue weighted by atomic mass is 32.1. The fraction of sp³-hybridized carbons (Fsp3) is 0.154. The number of hydrogen-bond donors (Lipinski definition) is 0. The Labute approximate surface area is 184 Å². The maximum absolute atomic E-state index is 12.9. The fourth-order valence-electron chi connectivity index (χ4n) is 4.33. The van der Waals surface area contributed by atoms with Crippen molar-refractivity contribution in [1.29, 1.82) is 0 Å². The molecule has 156 valence electrons. The Hall–Kier alpha value is -2.55. The molecular weight excluding hydrogens is 432 g/mol. The number of benzene rings is 2. The lowest BCUT2D eigenvalue weighted by Crippen LogP contribution is -2.03. The average Bonchev–Trinajstić information content (AvgIpc) is 3.50. The van der Waals surface area contributed by atoms with Gasteiger partial charge >= 0.3 is 6.18 Å². The smallest absolute Gasteiger partial charge is 0.166 e. The Morgan fingerprint density at radius 3 is 2.23 bits per heavy atom. The van der Waals surface area contributed by atoms with Crippen LogP contribution in [0.1, 0.15) is 34.0 Å². The highest BCUT2D eigenvalue weighted by Gasteiger charge is 2.30. The van der Waals surface area contributed by atoms with E-state index in [2.05, 4.69) is 47.9 Å². The van der Waals surface area contributed by atoms with Crippen molar-refractivity contribution in [2.75, 3.05) is 0 Å². The van der Waals surface area contributed by atoms with Gasteiger partial charge in [-0.2, -0.15) is 13.2 Å². The number of hydrogen-bond acceptors (Lipinski definition) is 1. The zero-order valence-corrected chi connectivity index (χ0v) is 18.4. The van der Waals surface area contributed by atoms with Crippen molar-refractivity contribution in [3.8, 4) is 15.5 Å². The first-order valence-electron chi connectivity index (χ1n) is 10.2. The molecule has 4 aromatic rings. The van der Waals surface area contributed by atoms with Crippen molar-refractivity contribution >= 4 is 31.0 Å². The lowest BCUT2D eigenvalue weighted by Gasteiger charge is -2.10. The second-order valence-electron chi connectivity index (χ2n) is 7.65. The van der Waals surface area contributed by atoms with E-state index in [4.69, 9.17) is 0 Å². The molecule has 0 nitrogen and oxygen atoms in total. The van der Waals surface area contributed by atoms with Gasteiger partial charge in [0.15, 0.2) is 0 Å². The molecule has 0 radical (unpaired) electrons. The molecule has 0 N–H and O–H groups in total. The van der Waals surface area contributed by atoms with Crippen LogP contribution >= 0.6 is 18.9 Å². The van der Waals surface area contributed by atoms with E-state index >= 15 is 0 Å². The van der Waals surface area contributed by atoms with Gasteiger partial charge in [-0.25, -0.2) is 0 Å². The molecule has 2 aromatic heterocycles. The predicted octanol–water partition coefficient (Wildman–Crippen LogP) is 9.07. The summed E-state index contributed by atoms with van der Waals surface area (Å²) in [5, 5.41) is 6.27. The topological polar surface area (TPSA) is 0 Å². The molecule has 0 spiro atoms. The number of alkyl halides is 3. The summed E-state index contributed by atoms with van der Waals surface area (Å²) in [4.78, 5) is 1.34. The lowest BCUT2D eigenvalue weighted by atomic mass is 10.1. The van der Waals surface area contributed by atoms with Crippen LogP contribution in [0.3, 0.4) is 0 Å². The minimum Gasteiger partial charge on any atom is -0.166 e. The monoisotopic (exact) mass is 452 g/mol. The molecule has 0 amide bonds. The van der Waals surface area contributed by atoms with Gasteiger partial charge in [0.1, 0.15) is 0 Å². The molecule has 1 unspecified atom stereocenters. The summed E-state index contributed by atoms with van der Waals surface area (Å²) in [5.74, 6) is 0. The predicted molar refractivity (Wildman–Crippen MR) is 126 cm³/mol. The molecule has 1 aliphatic rings. The largest absolute Gasteiger partial charge is 0.416 e. The molecular formula is C26H20F3PS. The average molecular weight is 452 g/mol. The molecule has 0 bridgehead atoms. The molecule has 2 aromatic carbocycles. The van der Waals surface area contributed by atoms with Crippen molar-refractivity contribution in [1.82, 2.24) is 0 Å². The van der Waals surface area contributed by atoms with E-state index < -0.39 is 19.3 Å². The van der Waals surface area contributed by atoms with Crippen LogP contribution in [0.4, 0.5) is 13.2 Å². The Morgan fingerprint density at radius 2 is 1.55 bits per heavy atom. The van der Waals surface area contributed by atoms with Crippen LogP contribution in [0.5, 0.6) is 0 Å². The third kappa shape index (κ3) is 3.91. The Bertz CT molecular complexity index is 1210. The van der Waals surface area contributed by atoms with Gasteiger partial charge in [0, 0.05) is 15.5 Å². The molecule has 1 aliphatic carbocycles. The van der Waals surface area contributed by atoms with E-state index in [1.54, 1.807) is 23.5 Å². The Balaban J connectivity index is 1.64. The molecule has 31 heavy (non-hydrogen) atoms. The molecule has 5 heteroatoms. The first-order valence-corrected chi connectivity index (χ1v) is 12.5. The van der Waals surface area contributed by atoms with Crippen LogP contribution in [0.2, 0.25) is 0 Å². The van der Waals surface area contributed by atoms with E-state index in [0.29, 0.717) is 0 Å². The van der Waals surface area contributed by atoms with Gasteiger partial charge in [-0.15, -0.1) is 11.3 Å². The van der Waals surface area contributed by atoms with Gasteiger partial charge in [-0.3, -0.25) is 0 Å². The number of fused-ring (bicyclic) bond motifs is 1. The summed E-state index contributed by atoms with van der Waals surface area (Å²) in [5.41, 5.74) is 3.11. The van der Waals surface area contributed by atoms with Gasteiger partial charge in [0.25, 0.3) is 0 Å². The number of rotatable bonds is 4. The quantitative estimate of drug-likeness (QED) is 0.290. The molecule has 0 saturated heterocycles. The fourth-order valence-corrected chi connectivity index (χ4v) is 8.26. The molecule has 0 fully saturated rings. The summed E-state index contributed by atoms with van der Waals surface area (Å²) in [6.45, 7) is 0. The van der Waals surface area contributed by atoms with Crippen LogP contribution in [0, 0.1) is 0 Å². The van der Waals surface area contributed by atoms with Gasteiger partial charge in [-0.1, -0.05) is 62.1 Å². The van der Waals surface area contributed by atoms with Crippen LogP contribution in [-0.4, -0.2) is 0 Å². The van der Waals surface area contributed by atoms with Crippen molar-refractivity contribution in [3.63, 3.8) is 0 Å². The second-order valence-corrected chi connectivity index (χ2v) is 10.7. The maximum atomic E-state index is 12.9. The van der Waals surface area contributed by atoms with E-state index in [0.717, 1.165) is 37.0 Å². The van der Waals surface area contributed by atoms with Crippen molar-refractivity contribution < 1.29 is 13.2 Å². The maximum Gasteiger partial charge on any atom is 0.416 e. The standard InChI is InChI=1S/C26H20F3PS/c27-26(28,29)19-14-11-18(12-15-19)13-16-23-21-8-4-9-22(21)25(24-10-5-17-31-24)30(23)20-6-2-1-3-7-20/h1-3,5-7,10-17H,4,8-9H2/b16-13+. The SMILES string of the molecule is FC(F)(F)c1ccc(/C=C/c2c3c(c(-c4cccs4)p2-c2ccccc2)CCC3)cc1. The number of halogens is 3. The summed E-state index contributed by atoms with van der Waals surface area (Å²) in [6, 6.07) is 20.3. The van der Waals surface area contributed by atoms with Crippen LogP contribution in [0.25, 0.3) is 27.6 Å². The van der Waals surface area contributed by atoms with Crippen LogP contribution < -0.4 is 0 Å². The third-order valence-electron chi connectivity index (χ3n) is 5.72. The lowest BCUT2D eigenvalue weighted by molar-refractivity contribution is -0.137. The van der Waals surface area contributed by atoms with E-state index in [1.165, 1.54) is 31.9 Å². The van der Waals surface area contributed by atoms with E-state index in [9.17, 15) is 13.2 Å². The zero-order chi connectivity index (χ0) is 21.4. The summed E-state index contributed by atoms with van der Waals surface area (Å²) >= 11 is 1.79. The van der Waals surface area contributed by atoms with Crippen molar-refractivity contribution in [2.24, 2.45) is 0 Å². The van der Waals surface area contributed by atoms with E-state index in [-0.39, 0.29) is 0 Å². The van der Waals surface area contributed by atoms with Gasteiger partial charge < -0.3 is 0 Å². The minimum absolute atomic E-state index is 0.612. The molecule has 0 saturated carbocycles. The normalized spacial score (nSPS) is 14.4. The molecule has 0 aliphatic heterocycles. The third-order valence-corrected chi connectivity index (χ3v) is 9.43. The van der Waals surface area contributed by atoms with Crippen molar-refractivity contribution in [3.05, 3.63) is 99.7 Å². The molecule has 2 heterocycles. The molecule has 5 rings (SSSR count). The van der Waals surface area contributed by atoms with Gasteiger partial charge in [0.2, 0.25) is 0 Å². The van der Waals surface area contributed by atoms with Gasteiger partial charge in [-0.05, 0) is 70.9 Å². The van der Waals surface area contributed by atoms with Gasteiger partial charge in [0.05, 0.1) is 5.56 Å². The highest BCUT2D eigenvalue weighted by Crippen LogP contribution is 2.60. The number of thiophene rings is 1. The summed E-state index contributed by atoms with van der Waals surface area (Å²) in [6.07, 6.45) is 3.15. The summed E-state index contributed by atoms with van der Waals surface area (Å²) in [7, 11) is -0.669. The Morgan fingerprint density at radius 1 is 0.806 bits per heavy atom. The summed E-state index contributed by atoms with van der Waals surface area (Å²) < 4.78 is 38.7. The zero-order valence-electron chi connectivity index (χ0n) is 16.7. The van der Waals surface area contributed by atoms with Crippen molar-refractivity contribution in [2.45, 2.75) is 25.4 Å². The first kappa shape index (κ1) is 20.4. The van der Waals surface area contributed by atoms with Crippen LogP contribution in [-0.2, 0) is 19.0 Å². The molecule has 1 atom stereocenters. The second kappa shape index (κ2) is 8.18. The Kier molecular flexibility index (Phi) is 5.37. The first-order chi connectivity index (χ1) is 15.0.